The van der Waals surface area contributed by atoms with Crippen LogP contribution in [0.2, 0.25) is 0 Å². The van der Waals surface area contributed by atoms with Gasteiger partial charge in [0.25, 0.3) is 0 Å². The highest BCUT2D eigenvalue weighted by atomic mass is 16.5. The summed E-state index contributed by atoms with van der Waals surface area (Å²) in [5.74, 6) is 0.794. The minimum absolute atomic E-state index is 0.271. The number of nitrogens with one attached hydrogen (secondary N) is 2. The molecule has 9 nitrogen and oxygen atoms in total. The summed E-state index contributed by atoms with van der Waals surface area (Å²) >= 11 is 0. The monoisotopic (exact) mass is 343 g/mol. The lowest BCUT2D eigenvalue weighted by Crippen LogP contribution is -2.20. The number of pyridine rings is 1. The summed E-state index contributed by atoms with van der Waals surface area (Å²) in [6.45, 7) is 4.19. The fourth-order valence-electron chi connectivity index (χ4n) is 2.54. The third kappa shape index (κ3) is 3.83. The fraction of sp³-hybridized carbons (Fsp3) is 0.375. The zero-order valence-electron chi connectivity index (χ0n) is 14.2. The standard InChI is InChI=1S/C16H21N7O2/c1-10-20-14(17)13-15(21-10)23(16(24)22-13)9-11-3-4-12(19-7-11)8-18-5-6-25-2/h3-4,7,18H,5-6,8-9H2,1-2H3,(H,22,24)(H2,17,20,21). The number of imidazole rings is 1. The van der Waals surface area contributed by atoms with E-state index >= 15 is 0 Å². The van der Waals surface area contributed by atoms with Crippen LogP contribution in [0.25, 0.3) is 11.2 Å². The van der Waals surface area contributed by atoms with Crippen LogP contribution in [-0.2, 0) is 17.8 Å². The molecule has 0 saturated carbocycles. The molecule has 3 heterocycles. The van der Waals surface area contributed by atoms with Gasteiger partial charge in [-0.2, -0.15) is 0 Å². The second kappa shape index (κ2) is 7.41. The number of hydrogen-bond acceptors (Lipinski definition) is 7. The van der Waals surface area contributed by atoms with E-state index in [9.17, 15) is 4.79 Å². The number of fused-ring (bicyclic) bond motifs is 1. The van der Waals surface area contributed by atoms with Crippen molar-refractivity contribution in [1.29, 1.82) is 0 Å². The van der Waals surface area contributed by atoms with Crippen LogP contribution in [-0.4, -0.2) is 44.8 Å². The van der Waals surface area contributed by atoms with Crippen molar-refractivity contribution < 1.29 is 4.74 Å². The van der Waals surface area contributed by atoms with Gasteiger partial charge in [0.15, 0.2) is 11.5 Å². The van der Waals surface area contributed by atoms with Crippen LogP contribution in [0.1, 0.15) is 17.1 Å². The Morgan fingerprint density at radius 2 is 2.20 bits per heavy atom. The molecule has 0 amide bonds. The van der Waals surface area contributed by atoms with Crippen molar-refractivity contribution in [3.63, 3.8) is 0 Å². The predicted octanol–water partition coefficient (Wildman–Crippen LogP) is 0.190. The number of H-pyrrole nitrogens is 1. The summed E-state index contributed by atoms with van der Waals surface area (Å²) < 4.78 is 6.52. The van der Waals surface area contributed by atoms with Crippen LogP contribution in [0.15, 0.2) is 23.1 Å². The topological polar surface area (TPSA) is 124 Å². The van der Waals surface area contributed by atoms with E-state index < -0.39 is 0 Å². The van der Waals surface area contributed by atoms with Crippen LogP contribution in [0, 0.1) is 6.92 Å². The quantitative estimate of drug-likeness (QED) is 0.523. The van der Waals surface area contributed by atoms with E-state index in [1.54, 1.807) is 20.2 Å². The number of nitrogens with zero attached hydrogens (tertiary/aromatic N) is 4. The number of aromatic nitrogens is 5. The normalized spacial score (nSPS) is 11.3. The Labute approximate surface area is 144 Å². The first-order valence-electron chi connectivity index (χ1n) is 7.94. The average molecular weight is 343 g/mol. The van der Waals surface area contributed by atoms with Gasteiger partial charge < -0.3 is 20.8 Å². The van der Waals surface area contributed by atoms with Crippen LogP contribution < -0.4 is 16.7 Å². The summed E-state index contributed by atoms with van der Waals surface area (Å²) in [7, 11) is 1.67. The van der Waals surface area contributed by atoms with Gasteiger partial charge in [-0.25, -0.2) is 14.8 Å². The summed E-state index contributed by atoms with van der Waals surface area (Å²) in [6, 6.07) is 3.88. The molecule has 0 radical (unpaired) electrons. The van der Waals surface area contributed by atoms with Crippen molar-refractivity contribution in [3.8, 4) is 0 Å². The van der Waals surface area contributed by atoms with Gasteiger partial charge in [-0.3, -0.25) is 9.55 Å². The Morgan fingerprint density at radius 3 is 2.92 bits per heavy atom. The molecule has 0 fully saturated rings. The number of ether oxygens (including phenoxy) is 1. The van der Waals surface area contributed by atoms with Crippen molar-refractivity contribution >= 4 is 17.0 Å². The number of rotatable bonds is 7. The van der Waals surface area contributed by atoms with E-state index in [1.165, 1.54) is 4.57 Å². The van der Waals surface area contributed by atoms with Gasteiger partial charge >= 0.3 is 5.69 Å². The van der Waals surface area contributed by atoms with E-state index in [2.05, 4.69) is 25.3 Å². The highest BCUT2D eigenvalue weighted by Crippen LogP contribution is 2.14. The summed E-state index contributed by atoms with van der Waals surface area (Å²) in [5, 5.41) is 3.23. The summed E-state index contributed by atoms with van der Waals surface area (Å²) in [5.41, 5.74) is 8.37. The van der Waals surface area contributed by atoms with Crippen LogP contribution in [0.3, 0.4) is 0 Å². The third-order valence-electron chi connectivity index (χ3n) is 3.78. The van der Waals surface area contributed by atoms with Gasteiger partial charge in [-0.1, -0.05) is 6.07 Å². The zero-order chi connectivity index (χ0) is 17.8. The molecular weight excluding hydrogens is 322 g/mol. The molecule has 0 atom stereocenters. The SMILES string of the molecule is COCCNCc1ccc(Cn2c(=O)[nH]c3c(N)nc(C)nc32)cn1. The Balaban J connectivity index is 1.77. The number of aryl methyl sites for hydroxylation is 1. The van der Waals surface area contributed by atoms with Crippen molar-refractivity contribution in [1.82, 2.24) is 29.8 Å². The van der Waals surface area contributed by atoms with E-state index in [0.29, 0.717) is 36.7 Å². The molecule has 0 bridgehead atoms. The molecule has 0 aliphatic heterocycles. The molecule has 3 aromatic heterocycles. The number of nitrogens with two attached hydrogens (primary N) is 1. The molecule has 0 aliphatic rings. The maximum absolute atomic E-state index is 12.2. The second-order valence-corrected chi connectivity index (χ2v) is 5.70. The molecule has 0 unspecified atom stereocenters. The van der Waals surface area contributed by atoms with Crippen molar-refractivity contribution in [3.05, 3.63) is 45.9 Å². The first kappa shape index (κ1) is 17.1. The van der Waals surface area contributed by atoms with Crippen molar-refractivity contribution in [2.24, 2.45) is 0 Å². The number of anilines is 1. The number of methoxy groups -OCH3 is 1. The highest BCUT2D eigenvalue weighted by molar-refractivity contribution is 5.81. The maximum Gasteiger partial charge on any atom is 0.328 e. The van der Waals surface area contributed by atoms with E-state index in [0.717, 1.165) is 17.8 Å². The van der Waals surface area contributed by atoms with Gasteiger partial charge in [-0.15, -0.1) is 0 Å². The largest absolute Gasteiger partial charge is 0.383 e. The smallest absolute Gasteiger partial charge is 0.328 e. The molecule has 3 aromatic rings. The number of aromatic amines is 1. The first-order valence-corrected chi connectivity index (χ1v) is 7.94. The minimum Gasteiger partial charge on any atom is -0.383 e. The van der Waals surface area contributed by atoms with Gasteiger partial charge in [-0.05, 0) is 18.6 Å². The van der Waals surface area contributed by atoms with Gasteiger partial charge in [0.2, 0.25) is 0 Å². The molecule has 0 aliphatic carbocycles. The minimum atomic E-state index is -0.271. The van der Waals surface area contributed by atoms with Gasteiger partial charge in [0.05, 0.1) is 18.8 Å². The summed E-state index contributed by atoms with van der Waals surface area (Å²) in [6.07, 6.45) is 1.76. The van der Waals surface area contributed by atoms with Gasteiger partial charge in [0, 0.05) is 26.4 Å². The fourth-order valence-corrected chi connectivity index (χ4v) is 2.54. The predicted molar refractivity (Wildman–Crippen MR) is 94.2 cm³/mol. The molecule has 0 saturated heterocycles. The number of nitrogen functional groups attached to an aromatic ring is 1. The van der Waals surface area contributed by atoms with Crippen LogP contribution in [0.5, 0.6) is 0 Å². The highest BCUT2D eigenvalue weighted by Gasteiger charge is 2.13. The Kier molecular flexibility index (Phi) is 5.05. The Morgan fingerprint density at radius 1 is 1.36 bits per heavy atom. The molecule has 25 heavy (non-hydrogen) atoms. The third-order valence-corrected chi connectivity index (χ3v) is 3.78. The molecule has 0 aromatic carbocycles. The zero-order valence-corrected chi connectivity index (χ0v) is 14.2. The number of hydrogen-bond donors (Lipinski definition) is 3. The van der Waals surface area contributed by atoms with Crippen LogP contribution in [0.4, 0.5) is 5.82 Å². The molecular formula is C16H21N7O2. The van der Waals surface area contributed by atoms with Gasteiger partial charge in [0.1, 0.15) is 11.3 Å². The lowest BCUT2D eigenvalue weighted by molar-refractivity contribution is 0.199. The molecule has 132 valence electrons. The average Bonchev–Trinajstić information content (AvgIpc) is 2.90. The molecule has 4 N–H and O–H groups in total. The second-order valence-electron chi connectivity index (χ2n) is 5.70. The molecule has 3 rings (SSSR count). The van der Waals surface area contributed by atoms with E-state index in [-0.39, 0.29) is 11.5 Å². The Bertz CT molecular complexity index is 915. The van der Waals surface area contributed by atoms with Crippen molar-refractivity contribution in [2.45, 2.75) is 20.0 Å². The van der Waals surface area contributed by atoms with Crippen LogP contribution >= 0.6 is 0 Å². The Hall–Kier alpha value is -2.78. The lowest BCUT2D eigenvalue weighted by atomic mass is 10.2. The van der Waals surface area contributed by atoms with E-state index in [1.807, 2.05) is 12.1 Å². The maximum atomic E-state index is 12.2. The van der Waals surface area contributed by atoms with Crippen molar-refractivity contribution in [2.75, 3.05) is 26.0 Å². The molecule has 9 heteroatoms. The van der Waals surface area contributed by atoms with E-state index in [4.69, 9.17) is 10.5 Å². The lowest BCUT2D eigenvalue weighted by Gasteiger charge is -2.06. The molecule has 0 spiro atoms. The first-order chi connectivity index (χ1) is 12.1. The summed E-state index contributed by atoms with van der Waals surface area (Å²) in [4.78, 5) is 27.7.